The third kappa shape index (κ3) is 3.35. The highest BCUT2D eigenvalue weighted by Crippen LogP contribution is 2.06. The highest BCUT2D eigenvalue weighted by molar-refractivity contribution is 6.66. The number of hydrogen-bond acceptors (Lipinski definition) is 3. The fourth-order valence-electron chi connectivity index (χ4n) is 1.35. The molecule has 0 aromatic rings. The first-order valence-electron chi connectivity index (χ1n) is 5.26. The first kappa shape index (κ1) is 12.3. The number of hydrogen-bond donors (Lipinski definition) is 2. The van der Waals surface area contributed by atoms with Crippen LogP contribution in [-0.2, 0) is 0 Å². The second-order valence-corrected chi connectivity index (χ2v) is 3.66. The van der Waals surface area contributed by atoms with Gasteiger partial charge in [0.2, 0.25) is 11.3 Å². The normalized spacial score (nSPS) is 24.0. The number of guanidine groups is 1. The van der Waals surface area contributed by atoms with Crippen molar-refractivity contribution in [3.05, 3.63) is 0 Å². The van der Waals surface area contributed by atoms with E-state index < -0.39 is 6.29 Å². The van der Waals surface area contributed by atoms with E-state index >= 15 is 0 Å². The second kappa shape index (κ2) is 5.92. The van der Waals surface area contributed by atoms with E-state index in [-0.39, 0.29) is 0 Å². The predicted octanol–water partition coefficient (Wildman–Crippen LogP) is 0.905. The number of rotatable bonds is 4. The van der Waals surface area contributed by atoms with Gasteiger partial charge in [-0.3, -0.25) is 10.7 Å². The lowest BCUT2D eigenvalue weighted by atomic mass is 10.3. The van der Waals surface area contributed by atoms with Crippen molar-refractivity contribution in [1.29, 1.82) is 0 Å². The first-order valence-corrected chi connectivity index (χ1v) is 5.63. The predicted molar refractivity (Wildman–Crippen MR) is 64.0 cm³/mol. The minimum Gasteiger partial charge on any atom is -0.308 e. The Labute approximate surface area is 95.4 Å². The summed E-state index contributed by atoms with van der Waals surface area (Å²) in [6, 6.07) is 0. The van der Waals surface area contributed by atoms with Gasteiger partial charge in [-0.15, -0.1) is 0 Å². The Morgan fingerprint density at radius 3 is 2.93 bits per heavy atom. The van der Waals surface area contributed by atoms with E-state index in [4.69, 9.17) is 17.3 Å². The Hall–Kier alpha value is -0.810. The van der Waals surface area contributed by atoms with E-state index in [1.165, 1.54) is 0 Å². The minimum atomic E-state index is -0.421. The highest BCUT2D eigenvalue weighted by atomic mass is 35.5. The van der Waals surface area contributed by atoms with Gasteiger partial charge < -0.3 is 10.2 Å². The van der Waals surface area contributed by atoms with E-state index in [1.54, 1.807) is 0 Å². The zero-order valence-electron chi connectivity index (χ0n) is 9.20. The molecule has 15 heavy (non-hydrogen) atoms. The summed E-state index contributed by atoms with van der Waals surface area (Å²) < 4.78 is 0. The molecule has 1 unspecified atom stereocenters. The molecule has 0 amide bonds. The van der Waals surface area contributed by atoms with Crippen LogP contribution < -0.4 is 11.1 Å². The van der Waals surface area contributed by atoms with Crippen LogP contribution in [0, 0.1) is 0 Å². The quantitative estimate of drug-likeness (QED) is 0.707. The van der Waals surface area contributed by atoms with Crippen molar-refractivity contribution in [1.82, 2.24) is 10.2 Å². The molecule has 0 aromatic heterocycles. The van der Waals surface area contributed by atoms with Crippen LogP contribution >= 0.6 is 11.6 Å². The van der Waals surface area contributed by atoms with Gasteiger partial charge in [-0.05, 0) is 24.9 Å². The minimum absolute atomic E-state index is 0.308. The third-order valence-corrected chi connectivity index (χ3v) is 2.30. The van der Waals surface area contributed by atoms with E-state index in [0.717, 1.165) is 25.3 Å². The van der Waals surface area contributed by atoms with Gasteiger partial charge in [0.25, 0.3) is 0 Å². The lowest BCUT2D eigenvalue weighted by Gasteiger charge is -2.33. The molecule has 86 valence electrons. The number of aliphatic imine (C=N–C) groups is 2. The Morgan fingerprint density at radius 1 is 1.60 bits per heavy atom. The molecule has 1 aliphatic rings. The van der Waals surface area contributed by atoms with E-state index in [1.807, 2.05) is 11.8 Å². The summed E-state index contributed by atoms with van der Waals surface area (Å²) in [5, 5.41) is 3.23. The number of unbranched alkanes of at least 4 members (excludes halogenated alkanes) is 1. The second-order valence-electron chi connectivity index (χ2n) is 3.30. The molecule has 1 rings (SSSR count). The smallest absolute Gasteiger partial charge is 0.203 e. The van der Waals surface area contributed by atoms with Crippen molar-refractivity contribution >= 4 is 22.9 Å². The maximum Gasteiger partial charge on any atom is 0.203 e. The molecule has 1 heterocycles. The summed E-state index contributed by atoms with van der Waals surface area (Å²) in [6.07, 6.45) is 1.75. The molecule has 0 radical (unpaired) electrons. The topological polar surface area (TPSA) is 66.0 Å². The van der Waals surface area contributed by atoms with Crippen molar-refractivity contribution in [2.45, 2.75) is 33.0 Å². The van der Waals surface area contributed by atoms with E-state index in [0.29, 0.717) is 11.8 Å². The van der Waals surface area contributed by atoms with Crippen LogP contribution in [-0.4, -0.2) is 35.5 Å². The molecule has 0 aromatic carbocycles. The number of nitrogens with two attached hydrogens (primary N) is 1. The molecule has 0 aliphatic carbocycles. The van der Waals surface area contributed by atoms with Crippen molar-refractivity contribution < 1.29 is 0 Å². The zero-order valence-corrected chi connectivity index (χ0v) is 9.96. The fourth-order valence-corrected chi connectivity index (χ4v) is 1.54. The summed E-state index contributed by atoms with van der Waals surface area (Å²) in [6.45, 7) is 5.65. The third-order valence-electron chi connectivity index (χ3n) is 2.11. The van der Waals surface area contributed by atoms with E-state index in [9.17, 15) is 0 Å². The highest BCUT2D eigenvalue weighted by Gasteiger charge is 2.23. The summed E-state index contributed by atoms with van der Waals surface area (Å²) in [5.74, 6) is 0.721. The summed E-state index contributed by atoms with van der Waals surface area (Å²) in [5.41, 5.74) is 5.86. The van der Waals surface area contributed by atoms with Crippen molar-refractivity contribution in [3.63, 3.8) is 0 Å². The average Bonchev–Trinajstić information content (AvgIpc) is 2.17. The van der Waals surface area contributed by atoms with Crippen LogP contribution in [0.1, 0.15) is 26.7 Å². The van der Waals surface area contributed by atoms with Crippen LogP contribution in [0.3, 0.4) is 0 Å². The van der Waals surface area contributed by atoms with E-state index in [2.05, 4.69) is 22.2 Å². The molecule has 1 atom stereocenters. The molecule has 5 nitrogen and oxygen atoms in total. The molecule has 0 spiro atoms. The maximum atomic E-state index is 5.86. The van der Waals surface area contributed by atoms with Gasteiger partial charge in [-0.25, -0.2) is 4.99 Å². The first-order chi connectivity index (χ1) is 7.19. The van der Waals surface area contributed by atoms with Crippen LogP contribution in [0.25, 0.3) is 0 Å². The summed E-state index contributed by atoms with van der Waals surface area (Å²) >= 11 is 5.79. The lowest BCUT2D eigenvalue weighted by Crippen LogP contribution is -2.55. The SMILES string of the molecule is CCCCN1C(=NCC)NC(Cl)=NC1N. The molecule has 0 saturated heterocycles. The Bertz CT molecular complexity index is 263. The van der Waals surface area contributed by atoms with Crippen LogP contribution in [0.15, 0.2) is 9.98 Å². The molecule has 3 N–H and O–H groups in total. The lowest BCUT2D eigenvalue weighted by molar-refractivity contribution is 0.306. The number of nitrogens with one attached hydrogen (secondary N) is 1. The largest absolute Gasteiger partial charge is 0.308 e. The molecule has 0 fully saturated rings. The van der Waals surface area contributed by atoms with Gasteiger partial charge in [-0.1, -0.05) is 13.3 Å². The number of amidine groups is 1. The van der Waals surface area contributed by atoms with Gasteiger partial charge >= 0.3 is 0 Å². The molecular weight excluding hydrogens is 214 g/mol. The van der Waals surface area contributed by atoms with Gasteiger partial charge in [0, 0.05) is 13.1 Å². The van der Waals surface area contributed by atoms with Gasteiger partial charge in [-0.2, -0.15) is 0 Å². The maximum absolute atomic E-state index is 5.86. The van der Waals surface area contributed by atoms with Crippen LogP contribution in [0.5, 0.6) is 0 Å². The molecule has 0 saturated carbocycles. The Morgan fingerprint density at radius 2 is 2.33 bits per heavy atom. The van der Waals surface area contributed by atoms with Crippen molar-refractivity contribution in [2.75, 3.05) is 13.1 Å². The zero-order chi connectivity index (χ0) is 11.3. The molecular formula is C9H18ClN5. The van der Waals surface area contributed by atoms with Crippen LogP contribution in [0.2, 0.25) is 0 Å². The van der Waals surface area contributed by atoms with Gasteiger partial charge in [0.1, 0.15) is 0 Å². The average molecular weight is 232 g/mol. The van der Waals surface area contributed by atoms with Crippen molar-refractivity contribution in [3.8, 4) is 0 Å². The summed E-state index contributed by atoms with van der Waals surface area (Å²) in [7, 11) is 0. The fraction of sp³-hybridized carbons (Fsp3) is 0.778. The Balaban J connectivity index is 2.74. The Kier molecular flexibility index (Phi) is 4.84. The summed E-state index contributed by atoms with van der Waals surface area (Å²) in [4.78, 5) is 10.3. The molecule has 6 heteroatoms. The monoisotopic (exact) mass is 231 g/mol. The number of halogens is 1. The van der Waals surface area contributed by atoms with Gasteiger partial charge in [0.15, 0.2) is 6.29 Å². The molecule has 0 bridgehead atoms. The number of nitrogens with zero attached hydrogens (tertiary/aromatic N) is 3. The van der Waals surface area contributed by atoms with Crippen molar-refractivity contribution in [2.24, 2.45) is 15.7 Å². The molecule has 1 aliphatic heterocycles. The van der Waals surface area contributed by atoms with Crippen LogP contribution in [0.4, 0.5) is 0 Å². The standard InChI is InChI=1S/C9H18ClN5/c1-3-5-6-15-8(11)13-7(10)14-9(15)12-4-2/h8H,3-6,11H2,1-2H3,(H,12,13,14). The van der Waals surface area contributed by atoms with Gasteiger partial charge in [0.05, 0.1) is 0 Å².